The Morgan fingerprint density at radius 1 is 0.897 bits per heavy atom. The van der Waals surface area contributed by atoms with Crippen LogP contribution >= 0.6 is 7.14 Å². The molecule has 0 aromatic heterocycles. The van der Waals surface area contributed by atoms with Crippen molar-refractivity contribution in [3.63, 3.8) is 0 Å². The van der Waals surface area contributed by atoms with Crippen molar-refractivity contribution in [2.24, 2.45) is 0 Å². The normalized spacial score (nSPS) is 10.5. The fourth-order valence-electron chi connectivity index (χ4n) is 2.95. The molecular weight excluding hydrogens is 379 g/mol. The van der Waals surface area contributed by atoms with Gasteiger partial charge in [-0.2, -0.15) is 0 Å². The first-order valence-electron chi connectivity index (χ1n) is 9.11. The Kier molecular flexibility index (Phi) is 6.50. The third kappa shape index (κ3) is 4.93. The minimum atomic E-state index is -2.89. The van der Waals surface area contributed by atoms with Crippen LogP contribution in [0.2, 0.25) is 0 Å². The molecule has 0 heterocycles. The van der Waals surface area contributed by atoms with Gasteiger partial charge in [0.25, 0.3) is 0 Å². The summed E-state index contributed by atoms with van der Waals surface area (Å²) in [5.74, 6) is 5.67. The van der Waals surface area contributed by atoms with Gasteiger partial charge in [0.15, 0.2) is 0 Å². The smallest absolute Gasteiger partial charge is 0.337 e. The Morgan fingerprint density at radius 3 is 1.90 bits per heavy atom. The molecule has 0 spiro atoms. The van der Waals surface area contributed by atoms with Crippen molar-refractivity contribution < 1.29 is 14.1 Å². The average molecular weight is 400 g/mol. The Bertz CT molecular complexity index is 1060. The summed E-state index contributed by atoms with van der Waals surface area (Å²) in [5, 5.41) is 1.58. The molecule has 0 unspecified atom stereocenters. The van der Waals surface area contributed by atoms with Crippen molar-refractivity contribution >= 4 is 23.7 Å². The number of esters is 1. The first-order valence-corrected chi connectivity index (χ1v) is 11.0. The van der Waals surface area contributed by atoms with Crippen LogP contribution in [0.4, 0.5) is 0 Å². The zero-order valence-corrected chi connectivity index (χ0v) is 17.1. The van der Waals surface area contributed by atoms with E-state index in [1.807, 2.05) is 60.7 Å². The molecule has 0 aliphatic heterocycles. The Balaban J connectivity index is 1.85. The van der Waals surface area contributed by atoms with Crippen LogP contribution < -0.4 is 10.6 Å². The summed E-state index contributed by atoms with van der Waals surface area (Å²) < 4.78 is 18.7. The van der Waals surface area contributed by atoms with E-state index in [1.54, 1.807) is 24.3 Å². The summed E-state index contributed by atoms with van der Waals surface area (Å²) >= 11 is 0. The van der Waals surface area contributed by atoms with E-state index >= 15 is 0 Å². The summed E-state index contributed by atoms with van der Waals surface area (Å²) in [4.78, 5) is 11.5. The van der Waals surface area contributed by atoms with Gasteiger partial charge in [0, 0.05) is 27.9 Å². The van der Waals surface area contributed by atoms with Crippen LogP contribution in [0.15, 0.2) is 97.1 Å². The minimum Gasteiger partial charge on any atom is -0.465 e. The molecule has 0 aliphatic carbocycles. The van der Waals surface area contributed by atoms with Gasteiger partial charge in [-0.25, -0.2) is 4.79 Å². The molecule has 29 heavy (non-hydrogen) atoms. The van der Waals surface area contributed by atoms with Crippen molar-refractivity contribution in [3.8, 4) is 11.8 Å². The van der Waals surface area contributed by atoms with Gasteiger partial charge in [-0.15, -0.1) is 0 Å². The van der Waals surface area contributed by atoms with E-state index in [2.05, 4.69) is 18.4 Å². The molecule has 0 fully saturated rings. The topological polar surface area (TPSA) is 43.4 Å². The number of benzene rings is 3. The Morgan fingerprint density at radius 2 is 1.41 bits per heavy atom. The van der Waals surface area contributed by atoms with Gasteiger partial charge in [0.05, 0.1) is 12.7 Å². The van der Waals surface area contributed by atoms with E-state index in [4.69, 9.17) is 4.74 Å². The van der Waals surface area contributed by atoms with Crippen LogP contribution in [0.1, 0.15) is 15.9 Å². The monoisotopic (exact) mass is 400 g/mol. The van der Waals surface area contributed by atoms with Gasteiger partial charge in [-0.05, 0) is 24.3 Å². The second-order valence-corrected chi connectivity index (χ2v) is 9.32. The molecule has 0 saturated carbocycles. The minimum absolute atomic E-state index is 0.272. The summed E-state index contributed by atoms with van der Waals surface area (Å²) in [7, 11) is -1.54. The molecule has 0 radical (unpaired) electrons. The van der Waals surface area contributed by atoms with Gasteiger partial charge in [0.1, 0.15) is 7.14 Å². The average Bonchev–Trinajstić information content (AvgIpc) is 2.78. The van der Waals surface area contributed by atoms with E-state index in [-0.39, 0.29) is 12.1 Å². The standard InChI is InChI=1S/C25H21O3P/c1-20(13-14-21-15-17-22(18-16-21)25(26)28-2)19-29(27,23-9-5-3-6-10-23)24-11-7-4-8-12-24/h3-12,15-18H,1,19H2,2H3. The van der Waals surface area contributed by atoms with Gasteiger partial charge in [-0.1, -0.05) is 79.1 Å². The highest BCUT2D eigenvalue weighted by Crippen LogP contribution is 2.44. The van der Waals surface area contributed by atoms with E-state index in [0.29, 0.717) is 11.1 Å². The molecule has 4 heteroatoms. The van der Waals surface area contributed by atoms with Gasteiger partial charge in [0.2, 0.25) is 0 Å². The van der Waals surface area contributed by atoms with Gasteiger partial charge >= 0.3 is 5.97 Å². The van der Waals surface area contributed by atoms with Crippen LogP contribution in [0.25, 0.3) is 0 Å². The number of methoxy groups -OCH3 is 1. The number of allylic oxidation sites excluding steroid dienone is 1. The number of ether oxygens (including phenoxy) is 1. The Hall–Kier alpha value is -3.34. The predicted molar refractivity (Wildman–Crippen MR) is 118 cm³/mol. The lowest BCUT2D eigenvalue weighted by atomic mass is 10.1. The molecule has 3 nitrogen and oxygen atoms in total. The molecule has 3 aromatic rings. The summed E-state index contributed by atoms with van der Waals surface area (Å²) in [5.41, 5.74) is 1.81. The number of carbonyl (C=O) groups is 1. The lowest BCUT2D eigenvalue weighted by molar-refractivity contribution is 0.0600. The fourth-order valence-corrected chi connectivity index (χ4v) is 5.53. The van der Waals surface area contributed by atoms with Crippen molar-refractivity contribution in [2.75, 3.05) is 13.3 Å². The van der Waals surface area contributed by atoms with Crippen molar-refractivity contribution in [3.05, 3.63) is 108 Å². The third-order valence-electron chi connectivity index (χ3n) is 4.45. The lowest BCUT2D eigenvalue weighted by Gasteiger charge is -2.19. The Labute approximate surface area is 171 Å². The number of hydrogen-bond donors (Lipinski definition) is 0. The summed E-state index contributed by atoms with van der Waals surface area (Å²) in [6.45, 7) is 4.04. The maximum atomic E-state index is 14.0. The molecule has 3 aromatic carbocycles. The summed E-state index contributed by atoms with van der Waals surface area (Å²) in [6, 6.07) is 25.8. The second-order valence-electron chi connectivity index (χ2n) is 6.49. The molecule has 0 bridgehead atoms. The summed E-state index contributed by atoms with van der Waals surface area (Å²) in [6.07, 6.45) is 0.272. The maximum absolute atomic E-state index is 14.0. The molecule has 0 atom stereocenters. The first-order chi connectivity index (χ1) is 14.0. The van der Waals surface area contributed by atoms with E-state index in [0.717, 1.165) is 16.2 Å². The molecular formula is C25H21O3P. The zero-order chi connectivity index (χ0) is 20.7. The molecule has 0 saturated heterocycles. The van der Waals surface area contributed by atoms with Crippen molar-refractivity contribution in [1.29, 1.82) is 0 Å². The third-order valence-corrected chi connectivity index (χ3v) is 7.54. The number of hydrogen-bond acceptors (Lipinski definition) is 3. The number of carbonyl (C=O) groups excluding carboxylic acids is 1. The second kappa shape index (κ2) is 9.24. The molecule has 0 aliphatic rings. The first kappa shape index (κ1) is 20.4. The van der Waals surface area contributed by atoms with Gasteiger partial charge < -0.3 is 9.30 Å². The van der Waals surface area contributed by atoms with Gasteiger partial charge in [-0.3, -0.25) is 0 Å². The van der Waals surface area contributed by atoms with Crippen molar-refractivity contribution in [1.82, 2.24) is 0 Å². The molecule has 144 valence electrons. The highest BCUT2D eigenvalue weighted by Gasteiger charge is 2.27. The highest BCUT2D eigenvalue weighted by molar-refractivity contribution is 7.78. The molecule has 3 rings (SSSR count). The highest BCUT2D eigenvalue weighted by atomic mass is 31.2. The van der Waals surface area contributed by atoms with Crippen LogP contribution in [-0.4, -0.2) is 19.2 Å². The van der Waals surface area contributed by atoms with Crippen LogP contribution in [0, 0.1) is 11.8 Å². The van der Waals surface area contributed by atoms with Crippen LogP contribution in [0.3, 0.4) is 0 Å². The quantitative estimate of drug-likeness (QED) is 0.362. The fraction of sp³-hybridized carbons (Fsp3) is 0.0800. The van der Waals surface area contributed by atoms with E-state index < -0.39 is 7.14 Å². The van der Waals surface area contributed by atoms with Crippen molar-refractivity contribution in [2.45, 2.75) is 0 Å². The zero-order valence-electron chi connectivity index (χ0n) is 16.2. The number of rotatable bonds is 5. The largest absolute Gasteiger partial charge is 0.465 e. The SMILES string of the molecule is C=C(C#Cc1ccc(C(=O)OC)cc1)CP(=O)(c1ccccc1)c1ccccc1. The van der Waals surface area contributed by atoms with Crippen LogP contribution in [0.5, 0.6) is 0 Å². The predicted octanol–water partition coefficient (Wildman–Crippen LogP) is 4.40. The molecule has 0 amide bonds. The van der Waals surface area contributed by atoms with Crippen LogP contribution in [-0.2, 0) is 9.30 Å². The molecule has 0 N–H and O–H groups in total. The lowest BCUT2D eigenvalue weighted by Crippen LogP contribution is -2.18. The van der Waals surface area contributed by atoms with E-state index in [9.17, 15) is 9.36 Å². The van der Waals surface area contributed by atoms with E-state index in [1.165, 1.54) is 7.11 Å². The maximum Gasteiger partial charge on any atom is 0.337 e.